The molecule has 0 saturated carbocycles. The highest BCUT2D eigenvalue weighted by molar-refractivity contribution is 9.10. The number of hydrogen-bond donors (Lipinski definition) is 1. The molecule has 0 spiro atoms. The number of methoxy groups -OCH3 is 1. The van der Waals surface area contributed by atoms with Crippen LogP contribution in [0.25, 0.3) is 0 Å². The van der Waals surface area contributed by atoms with Crippen LogP contribution in [0.3, 0.4) is 0 Å². The predicted molar refractivity (Wildman–Crippen MR) is 88.5 cm³/mol. The SMILES string of the molecule is CCCNc1nc(C(OC)c2ccccc2)nc(C)c1Br. The average Bonchev–Trinajstić information content (AvgIpc) is 2.51. The standard InChI is InChI=1S/C16H20BrN3O/c1-4-10-18-15-13(17)11(2)19-16(20-15)14(21-3)12-8-6-5-7-9-12/h5-9,14H,4,10H2,1-3H3,(H,18,19,20). The van der Waals surface area contributed by atoms with E-state index in [2.05, 4.69) is 38.1 Å². The van der Waals surface area contributed by atoms with Crippen molar-refractivity contribution in [3.63, 3.8) is 0 Å². The number of nitrogens with one attached hydrogen (secondary N) is 1. The Kier molecular flexibility index (Phi) is 5.70. The van der Waals surface area contributed by atoms with Crippen LogP contribution in [0.1, 0.15) is 36.5 Å². The molecule has 1 aromatic carbocycles. The number of aromatic nitrogens is 2. The first-order valence-electron chi connectivity index (χ1n) is 7.03. The zero-order valence-corrected chi connectivity index (χ0v) is 14.1. The summed E-state index contributed by atoms with van der Waals surface area (Å²) in [5, 5.41) is 3.32. The zero-order valence-electron chi connectivity index (χ0n) is 12.6. The van der Waals surface area contributed by atoms with Crippen LogP contribution in [-0.2, 0) is 4.74 Å². The molecule has 1 unspecified atom stereocenters. The molecule has 0 fully saturated rings. The Balaban J connectivity index is 2.40. The minimum absolute atomic E-state index is 0.264. The van der Waals surface area contributed by atoms with Gasteiger partial charge in [0.15, 0.2) is 5.82 Å². The minimum Gasteiger partial charge on any atom is -0.369 e. The van der Waals surface area contributed by atoms with Gasteiger partial charge in [-0.25, -0.2) is 9.97 Å². The summed E-state index contributed by atoms with van der Waals surface area (Å²) in [5.74, 6) is 1.49. The second-order valence-electron chi connectivity index (χ2n) is 4.78. The van der Waals surface area contributed by atoms with Crippen LogP contribution in [0, 0.1) is 6.92 Å². The Morgan fingerprint density at radius 3 is 2.57 bits per heavy atom. The first-order valence-corrected chi connectivity index (χ1v) is 7.82. The van der Waals surface area contributed by atoms with Gasteiger partial charge >= 0.3 is 0 Å². The lowest BCUT2D eigenvalue weighted by Gasteiger charge is -2.17. The van der Waals surface area contributed by atoms with E-state index < -0.39 is 0 Å². The number of benzene rings is 1. The number of hydrogen-bond acceptors (Lipinski definition) is 4. The number of halogens is 1. The van der Waals surface area contributed by atoms with Crippen molar-refractivity contribution in [2.75, 3.05) is 19.0 Å². The molecule has 1 N–H and O–H groups in total. The fourth-order valence-corrected chi connectivity index (χ4v) is 2.39. The van der Waals surface area contributed by atoms with Crippen LogP contribution in [0.15, 0.2) is 34.8 Å². The first kappa shape index (κ1) is 15.9. The molecule has 112 valence electrons. The van der Waals surface area contributed by atoms with Gasteiger partial charge in [-0.05, 0) is 34.8 Å². The van der Waals surface area contributed by atoms with Gasteiger partial charge in [-0.3, -0.25) is 0 Å². The summed E-state index contributed by atoms with van der Waals surface area (Å²) < 4.78 is 6.51. The van der Waals surface area contributed by atoms with Crippen molar-refractivity contribution in [2.45, 2.75) is 26.4 Å². The molecule has 0 radical (unpaired) electrons. The van der Waals surface area contributed by atoms with Gasteiger partial charge < -0.3 is 10.1 Å². The first-order chi connectivity index (χ1) is 10.2. The van der Waals surface area contributed by atoms with E-state index in [4.69, 9.17) is 4.74 Å². The maximum Gasteiger partial charge on any atom is 0.164 e. The lowest BCUT2D eigenvalue weighted by Crippen LogP contribution is -2.13. The highest BCUT2D eigenvalue weighted by Crippen LogP contribution is 2.28. The summed E-state index contributed by atoms with van der Waals surface area (Å²) in [6, 6.07) is 10.0. The molecule has 1 atom stereocenters. The Hall–Kier alpha value is -1.46. The molecule has 2 rings (SSSR count). The van der Waals surface area contributed by atoms with Crippen LogP contribution in [0.5, 0.6) is 0 Å². The van der Waals surface area contributed by atoms with Gasteiger partial charge in [0.25, 0.3) is 0 Å². The van der Waals surface area contributed by atoms with Gasteiger partial charge in [-0.15, -0.1) is 0 Å². The van der Waals surface area contributed by atoms with Crippen LogP contribution >= 0.6 is 15.9 Å². The fraction of sp³-hybridized carbons (Fsp3) is 0.375. The third-order valence-electron chi connectivity index (χ3n) is 3.15. The summed E-state index contributed by atoms with van der Waals surface area (Å²) in [4.78, 5) is 9.19. The van der Waals surface area contributed by atoms with Crippen LogP contribution in [-0.4, -0.2) is 23.6 Å². The van der Waals surface area contributed by atoms with Crippen molar-refractivity contribution < 1.29 is 4.74 Å². The van der Waals surface area contributed by atoms with Gasteiger partial charge in [0.05, 0.1) is 10.2 Å². The Morgan fingerprint density at radius 1 is 1.24 bits per heavy atom. The Morgan fingerprint density at radius 2 is 1.95 bits per heavy atom. The molecule has 0 saturated heterocycles. The molecular weight excluding hydrogens is 330 g/mol. The molecule has 4 nitrogen and oxygen atoms in total. The highest BCUT2D eigenvalue weighted by Gasteiger charge is 2.19. The highest BCUT2D eigenvalue weighted by atomic mass is 79.9. The number of ether oxygens (including phenoxy) is 1. The minimum atomic E-state index is -0.264. The van der Waals surface area contributed by atoms with E-state index in [1.165, 1.54) is 0 Å². The summed E-state index contributed by atoms with van der Waals surface area (Å²) in [6.07, 6.45) is 0.775. The molecule has 1 heterocycles. The summed E-state index contributed by atoms with van der Waals surface area (Å²) >= 11 is 3.54. The normalized spacial score (nSPS) is 12.2. The van der Waals surface area contributed by atoms with Crippen LogP contribution in [0.2, 0.25) is 0 Å². The smallest absolute Gasteiger partial charge is 0.164 e. The van der Waals surface area contributed by atoms with Gasteiger partial charge in [0.2, 0.25) is 0 Å². The molecular formula is C16H20BrN3O. The monoisotopic (exact) mass is 349 g/mol. The predicted octanol–water partition coefficient (Wildman–Crippen LogP) is 4.11. The van der Waals surface area contributed by atoms with Crippen LogP contribution < -0.4 is 5.32 Å². The molecule has 0 amide bonds. The van der Waals surface area contributed by atoms with Crippen molar-refractivity contribution in [2.24, 2.45) is 0 Å². The van der Waals surface area contributed by atoms with Crippen molar-refractivity contribution in [1.82, 2.24) is 9.97 Å². The lowest BCUT2D eigenvalue weighted by molar-refractivity contribution is 0.129. The molecule has 0 aliphatic carbocycles. The Labute approximate surface area is 134 Å². The molecule has 0 bridgehead atoms. The van der Waals surface area contributed by atoms with E-state index in [1.54, 1.807) is 7.11 Å². The summed E-state index contributed by atoms with van der Waals surface area (Å²) in [5.41, 5.74) is 1.94. The van der Waals surface area contributed by atoms with Gasteiger partial charge in [-0.2, -0.15) is 0 Å². The molecule has 5 heteroatoms. The van der Waals surface area contributed by atoms with Crippen LogP contribution in [0.4, 0.5) is 5.82 Å². The largest absolute Gasteiger partial charge is 0.369 e. The third-order valence-corrected chi connectivity index (χ3v) is 4.10. The van der Waals surface area contributed by atoms with Crippen molar-refractivity contribution in [3.8, 4) is 0 Å². The fourth-order valence-electron chi connectivity index (χ4n) is 2.08. The number of aryl methyl sites for hydroxylation is 1. The average molecular weight is 350 g/mol. The molecule has 21 heavy (non-hydrogen) atoms. The number of nitrogens with zero attached hydrogens (tertiary/aromatic N) is 2. The zero-order chi connectivity index (χ0) is 15.2. The van der Waals surface area contributed by atoms with Crippen molar-refractivity contribution in [3.05, 3.63) is 51.9 Å². The van der Waals surface area contributed by atoms with Crippen molar-refractivity contribution >= 4 is 21.7 Å². The van der Waals surface area contributed by atoms with E-state index in [0.29, 0.717) is 5.82 Å². The van der Waals surface area contributed by atoms with E-state index >= 15 is 0 Å². The van der Waals surface area contributed by atoms with E-state index in [1.807, 2.05) is 37.3 Å². The van der Waals surface area contributed by atoms with Gasteiger partial charge in [0, 0.05) is 13.7 Å². The second kappa shape index (κ2) is 7.52. The number of rotatable bonds is 6. The molecule has 1 aromatic heterocycles. The van der Waals surface area contributed by atoms with E-state index in [-0.39, 0.29) is 6.10 Å². The lowest BCUT2D eigenvalue weighted by atomic mass is 10.1. The van der Waals surface area contributed by atoms with Gasteiger partial charge in [0.1, 0.15) is 11.9 Å². The Bertz CT molecular complexity index is 590. The molecule has 0 aliphatic rings. The molecule has 2 aromatic rings. The summed E-state index contributed by atoms with van der Waals surface area (Å²) in [7, 11) is 1.68. The molecule has 0 aliphatic heterocycles. The number of anilines is 1. The maximum absolute atomic E-state index is 5.61. The van der Waals surface area contributed by atoms with E-state index in [9.17, 15) is 0 Å². The summed E-state index contributed by atoms with van der Waals surface area (Å²) in [6.45, 7) is 4.96. The van der Waals surface area contributed by atoms with E-state index in [0.717, 1.165) is 34.5 Å². The maximum atomic E-state index is 5.61. The third kappa shape index (κ3) is 3.80. The second-order valence-corrected chi connectivity index (χ2v) is 5.58. The quantitative estimate of drug-likeness (QED) is 0.852. The topological polar surface area (TPSA) is 47.0 Å². The van der Waals surface area contributed by atoms with Crippen molar-refractivity contribution in [1.29, 1.82) is 0 Å². The van der Waals surface area contributed by atoms with Gasteiger partial charge in [-0.1, -0.05) is 37.3 Å².